The highest BCUT2D eigenvalue weighted by molar-refractivity contribution is 9.09. The fourth-order valence-electron chi connectivity index (χ4n) is 2.34. The first-order chi connectivity index (χ1) is 9.88. The lowest BCUT2D eigenvalue weighted by molar-refractivity contribution is 0.242. The smallest absolute Gasteiger partial charge is 0.129 e. The number of hydrogen-bond acceptors (Lipinski definition) is 1. The van der Waals surface area contributed by atoms with E-state index in [9.17, 15) is 4.39 Å². The summed E-state index contributed by atoms with van der Waals surface area (Å²) in [6.07, 6.45) is 0.143. The maximum Gasteiger partial charge on any atom is 0.129 e. The third kappa shape index (κ3) is 3.85. The lowest BCUT2D eigenvalue weighted by Gasteiger charge is -2.16. The first kappa shape index (κ1) is 16.0. The van der Waals surface area contributed by atoms with E-state index < -0.39 is 0 Å². The van der Waals surface area contributed by atoms with Crippen molar-refractivity contribution in [2.24, 2.45) is 0 Å². The van der Waals surface area contributed by atoms with Gasteiger partial charge in [0.1, 0.15) is 11.6 Å². The quantitative estimate of drug-likeness (QED) is 0.641. The molecule has 0 spiro atoms. The maximum atomic E-state index is 13.7. The minimum Gasteiger partial charge on any atom is -0.491 e. The van der Waals surface area contributed by atoms with E-state index in [2.05, 4.69) is 15.9 Å². The van der Waals surface area contributed by atoms with Crippen LogP contribution in [0.5, 0.6) is 5.75 Å². The van der Waals surface area contributed by atoms with Crippen LogP contribution in [0.1, 0.15) is 40.9 Å². The van der Waals surface area contributed by atoms with Crippen molar-refractivity contribution in [1.82, 2.24) is 0 Å². The Hall–Kier alpha value is -1.35. The third-order valence-electron chi connectivity index (χ3n) is 3.27. The van der Waals surface area contributed by atoms with Gasteiger partial charge in [0.05, 0.1) is 10.9 Å². The Balaban J connectivity index is 2.33. The molecule has 0 aromatic heterocycles. The van der Waals surface area contributed by atoms with Crippen molar-refractivity contribution in [3.05, 3.63) is 64.5 Å². The van der Waals surface area contributed by atoms with E-state index in [1.807, 2.05) is 50.2 Å². The molecule has 1 atom stereocenters. The molecule has 1 unspecified atom stereocenters. The summed E-state index contributed by atoms with van der Waals surface area (Å²) in [5.41, 5.74) is 3.49. The Bertz CT molecular complexity index is 614. The molecule has 2 rings (SSSR count). The molecule has 112 valence electrons. The van der Waals surface area contributed by atoms with E-state index in [1.165, 1.54) is 0 Å². The Kier molecular flexibility index (Phi) is 5.04. The topological polar surface area (TPSA) is 9.23 Å². The van der Waals surface area contributed by atoms with Crippen LogP contribution in [0.3, 0.4) is 0 Å². The molecule has 0 aliphatic heterocycles. The molecule has 21 heavy (non-hydrogen) atoms. The molecule has 0 bridgehead atoms. The summed E-state index contributed by atoms with van der Waals surface area (Å²) in [4.78, 5) is 0.0196. The molecule has 1 nitrogen and oxygen atoms in total. The molecule has 3 heteroatoms. The van der Waals surface area contributed by atoms with Gasteiger partial charge < -0.3 is 4.74 Å². The van der Waals surface area contributed by atoms with E-state index in [1.54, 1.807) is 13.8 Å². The summed E-state index contributed by atoms with van der Waals surface area (Å²) in [7, 11) is 0. The van der Waals surface area contributed by atoms with Crippen LogP contribution >= 0.6 is 15.9 Å². The summed E-state index contributed by atoms with van der Waals surface area (Å²) < 4.78 is 19.5. The third-order valence-corrected chi connectivity index (χ3v) is 4.33. The van der Waals surface area contributed by atoms with Gasteiger partial charge in [-0.1, -0.05) is 40.2 Å². The highest BCUT2D eigenvalue weighted by Crippen LogP contribution is 2.34. The lowest BCUT2D eigenvalue weighted by atomic mass is 10.00. The van der Waals surface area contributed by atoms with E-state index in [4.69, 9.17) is 4.74 Å². The fraction of sp³-hybridized carbons (Fsp3) is 0.333. The van der Waals surface area contributed by atoms with Gasteiger partial charge in [0, 0.05) is 0 Å². The summed E-state index contributed by atoms with van der Waals surface area (Å²) in [5.74, 6) is 0.720. The molecule has 0 radical (unpaired) electrons. The van der Waals surface area contributed by atoms with E-state index in [0.29, 0.717) is 11.1 Å². The molecule has 0 saturated carbocycles. The monoisotopic (exact) mass is 350 g/mol. The molecular formula is C18H20BrFO. The summed E-state index contributed by atoms with van der Waals surface area (Å²) in [6, 6.07) is 11.8. The van der Waals surface area contributed by atoms with Crippen molar-refractivity contribution in [3.8, 4) is 5.75 Å². The molecule has 0 N–H and O–H groups in total. The van der Waals surface area contributed by atoms with E-state index >= 15 is 0 Å². The zero-order valence-electron chi connectivity index (χ0n) is 12.8. The minimum absolute atomic E-state index is 0.0196. The second-order valence-corrected chi connectivity index (χ2v) is 6.49. The fourth-order valence-corrected chi connectivity index (χ4v) is 2.88. The van der Waals surface area contributed by atoms with Gasteiger partial charge in [0.2, 0.25) is 0 Å². The van der Waals surface area contributed by atoms with Crippen molar-refractivity contribution in [2.75, 3.05) is 0 Å². The largest absolute Gasteiger partial charge is 0.491 e. The van der Waals surface area contributed by atoms with Crippen molar-refractivity contribution >= 4 is 15.9 Å². The van der Waals surface area contributed by atoms with Gasteiger partial charge in [0.15, 0.2) is 0 Å². The highest BCUT2D eigenvalue weighted by Gasteiger charge is 2.14. The van der Waals surface area contributed by atoms with Gasteiger partial charge in [0.25, 0.3) is 0 Å². The van der Waals surface area contributed by atoms with Gasteiger partial charge in [-0.25, -0.2) is 4.39 Å². The SMILES string of the molecule is Cc1cc(C(Br)c2cccc(OC(C)C)c2)cc(C)c1F. The zero-order chi connectivity index (χ0) is 15.6. The van der Waals surface area contributed by atoms with Crippen molar-refractivity contribution in [3.63, 3.8) is 0 Å². The first-order valence-electron chi connectivity index (χ1n) is 7.06. The number of halogens is 2. The van der Waals surface area contributed by atoms with Crippen LogP contribution in [0.4, 0.5) is 4.39 Å². The number of rotatable bonds is 4. The molecule has 0 saturated heterocycles. The summed E-state index contributed by atoms with van der Waals surface area (Å²) in [5, 5.41) is 0. The molecule has 0 amide bonds. The van der Waals surface area contributed by atoms with Gasteiger partial charge >= 0.3 is 0 Å². The standard InChI is InChI=1S/C18H20BrFO/c1-11(2)21-16-7-5-6-14(10-16)17(19)15-8-12(3)18(20)13(4)9-15/h5-11,17H,1-4H3. The predicted molar refractivity (Wildman–Crippen MR) is 88.9 cm³/mol. The van der Waals surface area contributed by atoms with E-state index in [-0.39, 0.29) is 16.7 Å². The highest BCUT2D eigenvalue weighted by atomic mass is 79.9. The van der Waals surface area contributed by atoms with Crippen LogP contribution in [0.25, 0.3) is 0 Å². The van der Waals surface area contributed by atoms with Crippen LogP contribution < -0.4 is 4.74 Å². The minimum atomic E-state index is -0.129. The molecule has 0 aliphatic rings. The summed E-state index contributed by atoms with van der Waals surface area (Å²) >= 11 is 3.71. The Morgan fingerprint density at radius 2 is 1.62 bits per heavy atom. The van der Waals surface area contributed by atoms with Gasteiger partial charge in [-0.3, -0.25) is 0 Å². The molecule has 2 aromatic rings. The maximum absolute atomic E-state index is 13.7. The Morgan fingerprint density at radius 1 is 1.00 bits per heavy atom. The Morgan fingerprint density at radius 3 is 2.19 bits per heavy atom. The number of benzene rings is 2. The molecular weight excluding hydrogens is 331 g/mol. The van der Waals surface area contributed by atoms with Crippen LogP contribution in [-0.2, 0) is 0 Å². The summed E-state index contributed by atoms with van der Waals surface area (Å²) in [6.45, 7) is 7.60. The predicted octanol–water partition coefficient (Wildman–Crippen LogP) is 5.71. The number of hydrogen-bond donors (Lipinski definition) is 0. The van der Waals surface area contributed by atoms with Crippen LogP contribution in [-0.4, -0.2) is 6.10 Å². The molecule has 0 fully saturated rings. The zero-order valence-corrected chi connectivity index (χ0v) is 14.4. The first-order valence-corrected chi connectivity index (χ1v) is 7.97. The molecule has 0 aliphatic carbocycles. The number of alkyl halides is 1. The van der Waals surface area contributed by atoms with Crippen LogP contribution in [0, 0.1) is 19.7 Å². The van der Waals surface area contributed by atoms with Gasteiger partial charge in [-0.05, 0) is 62.1 Å². The number of ether oxygens (including phenoxy) is 1. The second-order valence-electron chi connectivity index (χ2n) is 5.57. The van der Waals surface area contributed by atoms with Gasteiger partial charge in [-0.15, -0.1) is 0 Å². The van der Waals surface area contributed by atoms with Crippen molar-refractivity contribution in [2.45, 2.75) is 38.6 Å². The molecule has 2 aromatic carbocycles. The second kappa shape index (κ2) is 6.61. The average molecular weight is 351 g/mol. The van der Waals surface area contributed by atoms with Crippen LogP contribution in [0.15, 0.2) is 36.4 Å². The molecule has 0 heterocycles. The lowest BCUT2D eigenvalue weighted by Crippen LogP contribution is -2.06. The van der Waals surface area contributed by atoms with E-state index in [0.717, 1.165) is 16.9 Å². The number of aryl methyl sites for hydroxylation is 2. The van der Waals surface area contributed by atoms with Crippen molar-refractivity contribution < 1.29 is 9.13 Å². The van der Waals surface area contributed by atoms with Gasteiger partial charge in [-0.2, -0.15) is 0 Å². The normalized spacial score (nSPS) is 12.5. The Labute approximate surface area is 134 Å². The average Bonchev–Trinajstić information content (AvgIpc) is 2.43. The van der Waals surface area contributed by atoms with Crippen LogP contribution in [0.2, 0.25) is 0 Å². The van der Waals surface area contributed by atoms with Crippen molar-refractivity contribution in [1.29, 1.82) is 0 Å².